The number of halogens is 1. The van der Waals surface area contributed by atoms with Gasteiger partial charge in [-0.1, -0.05) is 66.2 Å². The predicted molar refractivity (Wildman–Crippen MR) is 108 cm³/mol. The summed E-state index contributed by atoms with van der Waals surface area (Å²) < 4.78 is 5.79. The van der Waals surface area contributed by atoms with E-state index in [1.54, 1.807) is 6.21 Å². The molecule has 3 aromatic rings. The van der Waals surface area contributed by atoms with E-state index in [1.807, 2.05) is 78.9 Å². The highest BCUT2D eigenvalue weighted by molar-refractivity contribution is 6.30. The molecule has 0 unspecified atom stereocenters. The molecule has 0 aliphatic carbocycles. The van der Waals surface area contributed by atoms with Crippen LogP contribution in [0.1, 0.15) is 16.7 Å². The first-order valence-corrected chi connectivity index (χ1v) is 8.90. The smallest absolute Gasteiger partial charge is 0.244 e. The second-order valence-electron chi connectivity index (χ2n) is 5.94. The molecule has 0 saturated heterocycles. The van der Waals surface area contributed by atoms with Crippen LogP contribution in [0.3, 0.4) is 0 Å². The minimum atomic E-state index is -0.160. The van der Waals surface area contributed by atoms with Crippen LogP contribution in [0.2, 0.25) is 5.02 Å². The van der Waals surface area contributed by atoms with Crippen LogP contribution in [-0.4, -0.2) is 12.1 Å². The minimum absolute atomic E-state index is 0.160. The summed E-state index contributed by atoms with van der Waals surface area (Å²) in [7, 11) is 0. The molecule has 0 heterocycles. The third-order valence-corrected chi connectivity index (χ3v) is 4.04. The molecule has 0 spiro atoms. The summed E-state index contributed by atoms with van der Waals surface area (Å²) >= 11 is 5.88. The van der Waals surface area contributed by atoms with Crippen molar-refractivity contribution >= 4 is 23.7 Å². The highest BCUT2D eigenvalue weighted by Gasteiger charge is 2.01. The van der Waals surface area contributed by atoms with Crippen LogP contribution in [-0.2, 0) is 17.8 Å². The SMILES string of the molecule is O=C(Cc1ccccc1)N/N=C\c1cccc(OCc2ccc(Cl)cc2)c1. The summed E-state index contributed by atoms with van der Waals surface area (Å²) in [5.74, 6) is 0.567. The van der Waals surface area contributed by atoms with E-state index in [2.05, 4.69) is 10.5 Å². The van der Waals surface area contributed by atoms with Crippen molar-refractivity contribution in [2.45, 2.75) is 13.0 Å². The molecule has 0 fully saturated rings. The average Bonchev–Trinajstić information content (AvgIpc) is 2.69. The van der Waals surface area contributed by atoms with Crippen LogP contribution in [0.4, 0.5) is 0 Å². The normalized spacial score (nSPS) is 10.7. The summed E-state index contributed by atoms with van der Waals surface area (Å²) in [6.07, 6.45) is 1.89. The van der Waals surface area contributed by atoms with E-state index in [1.165, 1.54) is 0 Å². The zero-order valence-corrected chi connectivity index (χ0v) is 15.4. The van der Waals surface area contributed by atoms with Gasteiger partial charge >= 0.3 is 0 Å². The standard InChI is InChI=1S/C22H19ClN2O2/c23-20-11-9-18(10-12-20)16-27-21-8-4-7-19(13-21)15-24-25-22(26)14-17-5-2-1-3-6-17/h1-13,15H,14,16H2,(H,25,26)/b24-15-. The number of carbonyl (C=O) groups excluding carboxylic acids is 1. The maximum absolute atomic E-state index is 11.9. The first-order chi connectivity index (χ1) is 13.2. The summed E-state index contributed by atoms with van der Waals surface area (Å²) in [5, 5.41) is 4.71. The fraction of sp³-hybridized carbons (Fsp3) is 0.0909. The zero-order chi connectivity index (χ0) is 18.9. The lowest BCUT2D eigenvalue weighted by atomic mass is 10.1. The van der Waals surface area contributed by atoms with Gasteiger partial charge < -0.3 is 4.74 Å². The van der Waals surface area contributed by atoms with Gasteiger partial charge in [-0.25, -0.2) is 5.43 Å². The van der Waals surface area contributed by atoms with Crippen molar-refractivity contribution in [2.24, 2.45) is 5.10 Å². The van der Waals surface area contributed by atoms with E-state index < -0.39 is 0 Å². The lowest BCUT2D eigenvalue weighted by molar-refractivity contribution is -0.120. The van der Waals surface area contributed by atoms with Crippen molar-refractivity contribution in [3.05, 3.63) is 101 Å². The van der Waals surface area contributed by atoms with Gasteiger partial charge in [0, 0.05) is 5.02 Å². The molecule has 27 heavy (non-hydrogen) atoms. The van der Waals surface area contributed by atoms with Crippen molar-refractivity contribution < 1.29 is 9.53 Å². The lowest BCUT2D eigenvalue weighted by Gasteiger charge is -2.07. The molecule has 0 aromatic heterocycles. The van der Waals surface area contributed by atoms with Crippen LogP contribution in [0.25, 0.3) is 0 Å². The molecule has 3 aromatic carbocycles. The molecule has 3 rings (SSSR count). The van der Waals surface area contributed by atoms with Gasteiger partial charge in [0.1, 0.15) is 12.4 Å². The molecule has 136 valence electrons. The Morgan fingerprint density at radius 3 is 2.52 bits per heavy atom. The molecule has 0 saturated carbocycles. The number of ether oxygens (including phenoxy) is 1. The van der Waals surface area contributed by atoms with Crippen molar-refractivity contribution in [3.63, 3.8) is 0 Å². The third kappa shape index (κ3) is 6.28. The second-order valence-corrected chi connectivity index (χ2v) is 6.38. The number of nitrogens with zero attached hydrogens (tertiary/aromatic N) is 1. The van der Waals surface area contributed by atoms with Crippen LogP contribution >= 0.6 is 11.6 Å². The molecule has 0 aliphatic heterocycles. The number of hydrogen-bond donors (Lipinski definition) is 1. The highest BCUT2D eigenvalue weighted by Crippen LogP contribution is 2.15. The van der Waals surface area contributed by atoms with Crippen LogP contribution in [0.15, 0.2) is 84.0 Å². The Bertz CT molecular complexity index is 909. The summed E-state index contributed by atoms with van der Waals surface area (Å²) in [4.78, 5) is 11.9. The summed E-state index contributed by atoms with van der Waals surface area (Å²) in [6, 6.07) is 24.6. The summed E-state index contributed by atoms with van der Waals surface area (Å²) in [5.41, 5.74) is 5.36. The Morgan fingerprint density at radius 2 is 1.74 bits per heavy atom. The fourth-order valence-corrected chi connectivity index (χ4v) is 2.56. The molecule has 0 bridgehead atoms. The Labute approximate surface area is 163 Å². The van der Waals surface area contributed by atoms with Gasteiger partial charge in [0.25, 0.3) is 0 Å². The van der Waals surface area contributed by atoms with Crippen LogP contribution in [0, 0.1) is 0 Å². The van der Waals surface area contributed by atoms with Crippen LogP contribution in [0.5, 0.6) is 5.75 Å². The number of hydrogen-bond acceptors (Lipinski definition) is 3. The van der Waals surface area contributed by atoms with Crippen LogP contribution < -0.4 is 10.2 Å². The number of benzene rings is 3. The molecule has 4 nitrogen and oxygen atoms in total. The number of hydrazone groups is 1. The Balaban J connectivity index is 1.51. The van der Waals surface area contributed by atoms with Gasteiger partial charge in [-0.2, -0.15) is 5.10 Å². The molecule has 1 amide bonds. The first-order valence-electron chi connectivity index (χ1n) is 8.52. The number of nitrogens with one attached hydrogen (secondary N) is 1. The minimum Gasteiger partial charge on any atom is -0.489 e. The molecule has 0 radical (unpaired) electrons. The number of rotatable bonds is 7. The van der Waals surface area contributed by atoms with Crippen molar-refractivity contribution in [1.82, 2.24) is 5.43 Å². The Hall–Kier alpha value is -3.11. The molecule has 0 atom stereocenters. The monoisotopic (exact) mass is 378 g/mol. The number of carbonyl (C=O) groups is 1. The molecule has 0 aliphatic rings. The van der Waals surface area contributed by atoms with Crippen molar-refractivity contribution in [3.8, 4) is 5.75 Å². The van der Waals surface area contributed by atoms with E-state index in [4.69, 9.17) is 16.3 Å². The van der Waals surface area contributed by atoms with E-state index in [0.29, 0.717) is 18.1 Å². The maximum Gasteiger partial charge on any atom is 0.244 e. The molecule has 5 heteroatoms. The quantitative estimate of drug-likeness (QED) is 0.482. The van der Waals surface area contributed by atoms with Crippen molar-refractivity contribution in [1.29, 1.82) is 0 Å². The van der Waals surface area contributed by atoms with Gasteiger partial charge in [0.05, 0.1) is 12.6 Å². The van der Waals surface area contributed by atoms with Gasteiger partial charge in [0.15, 0.2) is 0 Å². The Morgan fingerprint density at radius 1 is 0.963 bits per heavy atom. The average molecular weight is 379 g/mol. The largest absolute Gasteiger partial charge is 0.489 e. The molecular weight excluding hydrogens is 360 g/mol. The molecular formula is C22H19ClN2O2. The maximum atomic E-state index is 11.9. The van der Waals surface area contributed by atoms with E-state index in [9.17, 15) is 4.79 Å². The first kappa shape index (κ1) is 18.7. The highest BCUT2D eigenvalue weighted by atomic mass is 35.5. The fourth-order valence-electron chi connectivity index (χ4n) is 2.43. The lowest BCUT2D eigenvalue weighted by Crippen LogP contribution is -2.19. The number of amides is 1. The van der Waals surface area contributed by atoms with E-state index in [0.717, 1.165) is 22.4 Å². The van der Waals surface area contributed by atoms with Crippen molar-refractivity contribution in [2.75, 3.05) is 0 Å². The van der Waals surface area contributed by atoms with Gasteiger partial charge in [-0.3, -0.25) is 4.79 Å². The zero-order valence-electron chi connectivity index (χ0n) is 14.6. The topological polar surface area (TPSA) is 50.7 Å². The second kappa shape index (κ2) is 9.55. The predicted octanol–water partition coefficient (Wildman–Crippen LogP) is 4.61. The van der Waals surface area contributed by atoms with E-state index >= 15 is 0 Å². The van der Waals surface area contributed by atoms with Gasteiger partial charge in [-0.15, -0.1) is 0 Å². The molecule has 1 N–H and O–H groups in total. The van der Waals surface area contributed by atoms with Gasteiger partial charge in [-0.05, 0) is 41.0 Å². The van der Waals surface area contributed by atoms with Gasteiger partial charge in [0.2, 0.25) is 5.91 Å². The van der Waals surface area contributed by atoms with E-state index in [-0.39, 0.29) is 5.91 Å². The third-order valence-electron chi connectivity index (χ3n) is 3.79. The summed E-state index contributed by atoms with van der Waals surface area (Å²) in [6.45, 7) is 0.450. The Kier molecular flexibility index (Phi) is 6.61.